The molecule has 0 bridgehead atoms. The van der Waals surface area contributed by atoms with Crippen molar-refractivity contribution in [2.45, 2.75) is 32.4 Å². The van der Waals surface area contributed by atoms with E-state index in [0.29, 0.717) is 18.8 Å². The predicted molar refractivity (Wildman–Crippen MR) is 78.8 cm³/mol. The second-order valence-corrected chi connectivity index (χ2v) is 6.66. The smallest absolute Gasteiger partial charge is 0.344 e. The van der Waals surface area contributed by atoms with Crippen LogP contribution in [0.1, 0.15) is 25.0 Å². The van der Waals surface area contributed by atoms with Gasteiger partial charge in [-0.1, -0.05) is 26.0 Å². The van der Waals surface area contributed by atoms with Crippen LogP contribution in [0.3, 0.4) is 0 Å². The third-order valence-corrected chi connectivity index (χ3v) is 3.88. The van der Waals surface area contributed by atoms with Crippen molar-refractivity contribution in [1.29, 1.82) is 0 Å². The van der Waals surface area contributed by atoms with Crippen molar-refractivity contribution in [3.05, 3.63) is 48.0 Å². The molecule has 0 saturated carbocycles. The Hall–Kier alpha value is -1.93. The van der Waals surface area contributed by atoms with Gasteiger partial charge in [-0.2, -0.15) is 18.3 Å². The molecule has 2 heterocycles. The molecule has 3 rings (SSSR count). The van der Waals surface area contributed by atoms with Crippen molar-refractivity contribution in [2.24, 2.45) is 5.41 Å². The van der Waals surface area contributed by atoms with E-state index in [1.807, 2.05) is 13.8 Å². The zero-order valence-electron chi connectivity index (χ0n) is 13.4. The molecule has 24 heavy (non-hydrogen) atoms. The molecule has 0 unspecified atom stereocenters. The second kappa shape index (κ2) is 5.86. The number of alkyl halides is 3. The first-order valence-corrected chi connectivity index (χ1v) is 7.48. The Kier molecular flexibility index (Phi) is 4.13. The molecule has 0 radical (unpaired) electrons. The summed E-state index contributed by atoms with van der Waals surface area (Å²) in [5.41, 5.74) is -0.364. The van der Waals surface area contributed by atoms with Gasteiger partial charge in [-0.25, -0.2) is 9.67 Å². The molecule has 0 amide bonds. The molecule has 130 valence electrons. The largest absolute Gasteiger partial charge is 0.416 e. The molecule has 0 spiro atoms. The molecule has 0 N–H and O–H groups in total. The number of hydrogen-bond donors (Lipinski definition) is 0. The summed E-state index contributed by atoms with van der Waals surface area (Å²) in [6.07, 6.45) is -1.49. The SMILES string of the molecule is CC1(C)COC(Cn2cncn2)(c2ccc(C(F)(F)F)cc2)OC1. The fraction of sp³-hybridized carbons (Fsp3) is 0.500. The summed E-state index contributed by atoms with van der Waals surface area (Å²) in [6.45, 7) is 5.04. The molecule has 1 aliphatic heterocycles. The molecule has 1 aromatic carbocycles. The summed E-state index contributed by atoms with van der Waals surface area (Å²) in [7, 11) is 0. The van der Waals surface area contributed by atoms with Crippen LogP contribution in [0.2, 0.25) is 0 Å². The van der Waals surface area contributed by atoms with Crippen molar-refractivity contribution < 1.29 is 22.6 Å². The van der Waals surface area contributed by atoms with Crippen molar-refractivity contribution in [3.63, 3.8) is 0 Å². The van der Waals surface area contributed by atoms with Crippen LogP contribution in [0.4, 0.5) is 13.2 Å². The highest BCUT2D eigenvalue weighted by Crippen LogP contribution is 2.39. The zero-order chi connectivity index (χ0) is 17.4. The van der Waals surface area contributed by atoms with Gasteiger partial charge in [-0.15, -0.1) is 0 Å². The molecule has 1 aliphatic rings. The lowest BCUT2D eigenvalue weighted by Crippen LogP contribution is -2.48. The van der Waals surface area contributed by atoms with E-state index in [1.165, 1.54) is 29.5 Å². The van der Waals surface area contributed by atoms with E-state index in [0.717, 1.165) is 12.1 Å². The summed E-state index contributed by atoms with van der Waals surface area (Å²) < 4.78 is 51.8. The van der Waals surface area contributed by atoms with Crippen LogP contribution in [-0.2, 0) is 28.0 Å². The topological polar surface area (TPSA) is 49.2 Å². The van der Waals surface area contributed by atoms with Crippen LogP contribution in [-0.4, -0.2) is 28.0 Å². The van der Waals surface area contributed by atoms with Crippen LogP contribution in [0.15, 0.2) is 36.9 Å². The number of rotatable bonds is 3. The number of halogens is 3. The first kappa shape index (κ1) is 16.9. The molecule has 1 saturated heterocycles. The predicted octanol–water partition coefficient (Wildman–Crippen LogP) is 3.22. The van der Waals surface area contributed by atoms with Crippen molar-refractivity contribution in [1.82, 2.24) is 14.8 Å². The van der Waals surface area contributed by atoms with Crippen LogP contribution in [0.25, 0.3) is 0 Å². The highest BCUT2D eigenvalue weighted by Gasteiger charge is 2.43. The summed E-state index contributed by atoms with van der Waals surface area (Å²) in [6, 6.07) is 4.84. The van der Waals surface area contributed by atoms with Crippen molar-refractivity contribution >= 4 is 0 Å². The van der Waals surface area contributed by atoms with E-state index < -0.39 is 17.5 Å². The quantitative estimate of drug-likeness (QED) is 0.860. The zero-order valence-corrected chi connectivity index (χ0v) is 13.4. The van der Waals surface area contributed by atoms with Crippen LogP contribution in [0.5, 0.6) is 0 Å². The van der Waals surface area contributed by atoms with Crippen molar-refractivity contribution in [3.8, 4) is 0 Å². The van der Waals surface area contributed by atoms with Gasteiger partial charge in [0.2, 0.25) is 5.79 Å². The molecular weight excluding hydrogens is 323 g/mol. The Morgan fingerprint density at radius 1 is 1.12 bits per heavy atom. The maximum Gasteiger partial charge on any atom is 0.416 e. The standard InChI is InChI=1S/C16H18F3N3O2/c1-14(2)8-23-15(24-9-14,7-22-11-20-10-21-22)12-3-5-13(6-4-12)16(17,18)19/h3-6,10-11H,7-9H2,1-2H3. The monoisotopic (exact) mass is 341 g/mol. The van der Waals surface area contributed by atoms with Gasteiger partial charge in [-0.05, 0) is 12.1 Å². The molecule has 2 aromatic rings. The Morgan fingerprint density at radius 3 is 2.25 bits per heavy atom. The van der Waals surface area contributed by atoms with E-state index in [4.69, 9.17) is 9.47 Å². The average Bonchev–Trinajstić information content (AvgIpc) is 3.02. The first-order valence-electron chi connectivity index (χ1n) is 7.48. The minimum Gasteiger partial charge on any atom is -0.344 e. The first-order chi connectivity index (χ1) is 11.2. The van der Waals surface area contributed by atoms with Gasteiger partial charge in [0.05, 0.1) is 18.8 Å². The minimum atomic E-state index is -4.38. The van der Waals surface area contributed by atoms with E-state index in [1.54, 1.807) is 0 Å². The Morgan fingerprint density at radius 2 is 1.75 bits per heavy atom. The van der Waals surface area contributed by atoms with Gasteiger partial charge in [0, 0.05) is 11.0 Å². The molecule has 1 fully saturated rings. The molecule has 0 atom stereocenters. The van der Waals surface area contributed by atoms with Gasteiger partial charge in [0.25, 0.3) is 0 Å². The maximum absolute atomic E-state index is 12.8. The van der Waals surface area contributed by atoms with Crippen LogP contribution < -0.4 is 0 Å². The fourth-order valence-corrected chi connectivity index (χ4v) is 2.50. The van der Waals surface area contributed by atoms with Gasteiger partial charge < -0.3 is 9.47 Å². The van der Waals surface area contributed by atoms with Crippen LogP contribution >= 0.6 is 0 Å². The molecule has 0 aliphatic carbocycles. The van der Waals surface area contributed by atoms with Gasteiger partial charge in [0.1, 0.15) is 19.2 Å². The Labute approximate surface area is 137 Å². The lowest BCUT2D eigenvalue weighted by molar-refractivity contribution is -0.315. The Bertz CT molecular complexity index is 672. The van der Waals surface area contributed by atoms with E-state index >= 15 is 0 Å². The minimum absolute atomic E-state index is 0.169. The Balaban J connectivity index is 1.93. The molecule has 5 nitrogen and oxygen atoms in total. The van der Waals surface area contributed by atoms with E-state index in [9.17, 15) is 13.2 Å². The van der Waals surface area contributed by atoms with E-state index in [-0.39, 0.29) is 12.0 Å². The summed E-state index contributed by atoms with van der Waals surface area (Å²) in [5, 5.41) is 4.04. The number of nitrogens with zero attached hydrogens (tertiary/aromatic N) is 3. The van der Waals surface area contributed by atoms with Gasteiger partial charge >= 0.3 is 6.18 Å². The lowest BCUT2D eigenvalue weighted by atomic mass is 9.93. The fourth-order valence-electron chi connectivity index (χ4n) is 2.50. The lowest BCUT2D eigenvalue weighted by Gasteiger charge is -2.43. The average molecular weight is 341 g/mol. The highest BCUT2D eigenvalue weighted by molar-refractivity contribution is 5.28. The summed E-state index contributed by atoms with van der Waals surface area (Å²) in [5.74, 6) is -1.19. The van der Waals surface area contributed by atoms with Crippen LogP contribution in [0, 0.1) is 5.41 Å². The number of benzene rings is 1. The third kappa shape index (κ3) is 3.44. The molecule has 1 aromatic heterocycles. The number of aromatic nitrogens is 3. The third-order valence-electron chi connectivity index (χ3n) is 3.88. The maximum atomic E-state index is 12.8. The number of ether oxygens (including phenoxy) is 2. The van der Waals surface area contributed by atoms with Crippen molar-refractivity contribution in [2.75, 3.05) is 13.2 Å². The van der Waals surface area contributed by atoms with E-state index in [2.05, 4.69) is 10.1 Å². The summed E-state index contributed by atoms with van der Waals surface area (Å²) in [4.78, 5) is 3.88. The summed E-state index contributed by atoms with van der Waals surface area (Å²) >= 11 is 0. The normalized spacial score (nSPS) is 20.0. The molecular formula is C16H18F3N3O2. The highest BCUT2D eigenvalue weighted by atomic mass is 19.4. The number of hydrogen-bond acceptors (Lipinski definition) is 4. The van der Waals surface area contributed by atoms with Gasteiger partial charge in [0.15, 0.2) is 0 Å². The molecule has 8 heteroatoms. The second-order valence-electron chi connectivity index (χ2n) is 6.66. The van der Waals surface area contributed by atoms with Gasteiger partial charge in [-0.3, -0.25) is 0 Å².